The predicted octanol–water partition coefficient (Wildman–Crippen LogP) is 7.95. The van der Waals surface area contributed by atoms with E-state index in [-0.39, 0.29) is 5.39 Å². The number of aryl methyl sites for hydroxylation is 2. The smallest absolute Gasteiger partial charge is 0.346 e. The third kappa shape index (κ3) is 4.67. The van der Waals surface area contributed by atoms with Crippen molar-refractivity contribution in [3.63, 3.8) is 0 Å². The molecule has 0 saturated carbocycles. The fourth-order valence-electron chi connectivity index (χ4n) is 4.17. The molecule has 0 N–H and O–H groups in total. The summed E-state index contributed by atoms with van der Waals surface area (Å²) < 4.78 is 20.6. The Balaban J connectivity index is 1.60. The van der Waals surface area contributed by atoms with Crippen molar-refractivity contribution in [2.45, 2.75) is 52.4 Å². The average molecular weight is 429 g/mol. The van der Waals surface area contributed by atoms with Crippen molar-refractivity contribution in [1.82, 2.24) is 0 Å². The third-order valence-electron chi connectivity index (χ3n) is 5.97. The highest BCUT2D eigenvalue weighted by molar-refractivity contribution is 5.87. The molecule has 0 spiro atoms. The summed E-state index contributed by atoms with van der Waals surface area (Å²) in [7, 11) is 0. The lowest BCUT2D eigenvalue weighted by atomic mass is 9.97. The van der Waals surface area contributed by atoms with Gasteiger partial charge in [-0.1, -0.05) is 87.4 Å². The van der Waals surface area contributed by atoms with Crippen molar-refractivity contribution in [1.29, 1.82) is 0 Å². The highest BCUT2D eigenvalue weighted by Crippen LogP contribution is 2.30. The van der Waals surface area contributed by atoms with E-state index in [0.29, 0.717) is 23.1 Å². The molecule has 0 unspecified atom stereocenters. The highest BCUT2D eigenvalue weighted by atomic mass is 19.1. The van der Waals surface area contributed by atoms with Gasteiger partial charge in [-0.25, -0.2) is 9.18 Å². The van der Waals surface area contributed by atoms with Gasteiger partial charge in [0, 0.05) is 12.0 Å². The van der Waals surface area contributed by atoms with Crippen LogP contribution in [0.25, 0.3) is 33.0 Å². The summed E-state index contributed by atoms with van der Waals surface area (Å²) in [6, 6.07) is 21.8. The molecule has 2 nitrogen and oxygen atoms in total. The fourth-order valence-corrected chi connectivity index (χ4v) is 4.17. The predicted molar refractivity (Wildman–Crippen MR) is 131 cm³/mol. The molecule has 0 aliphatic rings. The minimum atomic E-state index is -0.610. The average Bonchev–Trinajstić information content (AvgIpc) is 2.80. The first-order valence-electron chi connectivity index (χ1n) is 11.6. The van der Waals surface area contributed by atoms with Crippen LogP contribution >= 0.6 is 0 Å². The van der Waals surface area contributed by atoms with Gasteiger partial charge in [0.25, 0.3) is 0 Å². The molecular weight excluding hydrogens is 399 g/mol. The van der Waals surface area contributed by atoms with Crippen molar-refractivity contribution in [2.24, 2.45) is 0 Å². The van der Waals surface area contributed by atoms with Gasteiger partial charge in [0.1, 0.15) is 17.0 Å². The molecule has 0 radical (unpaired) electrons. The van der Waals surface area contributed by atoms with Crippen LogP contribution in [0.4, 0.5) is 4.39 Å². The maximum Gasteiger partial charge on any atom is 0.346 e. The lowest BCUT2D eigenvalue weighted by Gasteiger charge is -2.09. The Morgan fingerprint density at radius 2 is 1.41 bits per heavy atom. The van der Waals surface area contributed by atoms with Gasteiger partial charge in [-0.05, 0) is 53.0 Å². The van der Waals surface area contributed by atoms with E-state index in [9.17, 15) is 4.79 Å². The largest absolute Gasteiger partial charge is 0.427 e. The topological polar surface area (TPSA) is 30.2 Å². The standard InChI is InChI=1S/C29H29FO2/c1-3-5-6-8-20-9-11-21(12-10-20)22-13-15-23(16-14-22)26-18-17-24-19-25(7-4-2)32-29(31)27(24)28(26)30/h9-19H,3-8H2,1-2H3. The number of halogens is 1. The zero-order valence-corrected chi connectivity index (χ0v) is 18.8. The molecule has 0 fully saturated rings. The molecule has 3 heteroatoms. The monoisotopic (exact) mass is 428 g/mol. The molecule has 4 aromatic rings. The van der Waals surface area contributed by atoms with Crippen LogP contribution in [0.1, 0.15) is 50.9 Å². The maximum absolute atomic E-state index is 15.3. The summed E-state index contributed by atoms with van der Waals surface area (Å²) in [6.45, 7) is 4.23. The van der Waals surface area contributed by atoms with Gasteiger partial charge in [-0.2, -0.15) is 0 Å². The fraction of sp³-hybridized carbons (Fsp3) is 0.276. The van der Waals surface area contributed by atoms with Gasteiger partial charge in [-0.3, -0.25) is 0 Å². The van der Waals surface area contributed by atoms with E-state index in [1.165, 1.54) is 24.8 Å². The maximum atomic E-state index is 15.3. The second-order valence-corrected chi connectivity index (χ2v) is 8.37. The van der Waals surface area contributed by atoms with Crippen molar-refractivity contribution < 1.29 is 8.81 Å². The van der Waals surface area contributed by atoms with Crippen molar-refractivity contribution >= 4 is 10.8 Å². The van der Waals surface area contributed by atoms with Crippen LogP contribution in [-0.4, -0.2) is 0 Å². The van der Waals surface area contributed by atoms with E-state index in [4.69, 9.17) is 4.42 Å². The van der Waals surface area contributed by atoms with Gasteiger partial charge < -0.3 is 4.42 Å². The van der Waals surface area contributed by atoms with Crippen LogP contribution in [0.2, 0.25) is 0 Å². The summed E-state index contributed by atoms with van der Waals surface area (Å²) in [5, 5.41) is 0.603. The molecule has 1 aromatic heterocycles. The molecule has 32 heavy (non-hydrogen) atoms. The Kier molecular flexibility index (Phi) is 6.84. The lowest BCUT2D eigenvalue weighted by Crippen LogP contribution is -2.05. The number of unbranched alkanes of at least 4 members (excludes halogenated alkanes) is 2. The molecular formula is C29H29FO2. The van der Waals surface area contributed by atoms with Gasteiger partial charge in [0.2, 0.25) is 0 Å². The number of fused-ring (bicyclic) bond motifs is 1. The molecule has 0 atom stereocenters. The molecule has 4 rings (SSSR count). The number of rotatable bonds is 8. The quantitative estimate of drug-likeness (QED) is 0.267. The van der Waals surface area contributed by atoms with Crippen LogP contribution in [0.5, 0.6) is 0 Å². The van der Waals surface area contributed by atoms with Crippen LogP contribution in [-0.2, 0) is 12.8 Å². The highest BCUT2D eigenvalue weighted by Gasteiger charge is 2.15. The van der Waals surface area contributed by atoms with Gasteiger partial charge in [-0.15, -0.1) is 0 Å². The van der Waals surface area contributed by atoms with Crippen LogP contribution < -0.4 is 5.63 Å². The third-order valence-corrected chi connectivity index (χ3v) is 5.97. The number of hydrogen-bond donors (Lipinski definition) is 0. The van der Waals surface area contributed by atoms with Gasteiger partial charge >= 0.3 is 5.63 Å². The Bertz CT molecular complexity index is 1250. The van der Waals surface area contributed by atoms with Crippen molar-refractivity contribution in [2.75, 3.05) is 0 Å². The first-order chi connectivity index (χ1) is 15.6. The summed E-state index contributed by atoms with van der Waals surface area (Å²) >= 11 is 0. The zero-order chi connectivity index (χ0) is 22.5. The van der Waals surface area contributed by atoms with E-state index in [1.54, 1.807) is 18.2 Å². The molecule has 3 aromatic carbocycles. The first kappa shape index (κ1) is 22.0. The van der Waals surface area contributed by atoms with E-state index in [1.807, 2.05) is 31.2 Å². The van der Waals surface area contributed by atoms with E-state index >= 15 is 4.39 Å². The molecule has 0 amide bonds. The minimum absolute atomic E-state index is 0.0186. The van der Waals surface area contributed by atoms with Crippen molar-refractivity contribution in [3.05, 3.63) is 94.3 Å². The number of benzene rings is 3. The molecule has 0 bridgehead atoms. The van der Waals surface area contributed by atoms with Crippen LogP contribution in [0.3, 0.4) is 0 Å². The van der Waals surface area contributed by atoms with E-state index < -0.39 is 11.4 Å². The van der Waals surface area contributed by atoms with Crippen molar-refractivity contribution in [3.8, 4) is 22.3 Å². The second-order valence-electron chi connectivity index (χ2n) is 8.37. The van der Waals surface area contributed by atoms with Gasteiger partial charge in [0.15, 0.2) is 0 Å². The molecule has 1 heterocycles. The summed E-state index contributed by atoms with van der Waals surface area (Å²) in [5.74, 6) is 0.0707. The molecule has 164 valence electrons. The summed E-state index contributed by atoms with van der Waals surface area (Å²) in [4.78, 5) is 12.4. The van der Waals surface area contributed by atoms with E-state index in [2.05, 4.69) is 31.2 Å². The first-order valence-corrected chi connectivity index (χ1v) is 11.6. The number of hydrogen-bond acceptors (Lipinski definition) is 2. The van der Waals surface area contributed by atoms with E-state index in [0.717, 1.165) is 29.5 Å². The Morgan fingerprint density at radius 1 is 0.750 bits per heavy atom. The molecule has 0 saturated heterocycles. The normalized spacial score (nSPS) is 11.2. The van der Waals surface area contributed by atoms with Crippen LogP contribution in [0.15, 0.2) is 75.9 Å². The Hall–Kier alpha value is -3.20. The summed E-state index contributed by atoms with van der Waals surface area (Å²) in [5.41, 5.74) is 4.11. The molecule has 0 aliphatic carbocycles. The minimum Gasteiger partial charge on any atom is -0.427 e. The SMILES string of the molecule is CCCCCc1ccc(-c2ccc(-c3ccc4cc(CCC)oc(=O)c4c3F)cc2)cc1. The Labute approximate surface area is 188 Å². The zero-order valence-electron chi connectivity index (χ0n) is 18.8. The van der Waals surface area contributed by atoms with Gasteiger partial charge in [0.05, 0.1) is 0 Å². The lowest BCUT2D eigenvalue weighted by molar-refractivity contribution is 0.462. The summed E-state index contributed by atoms with van der Waals surface area (Å²) in [6.07, 6.45) is 6.35. The second kappa shape index (κ2) is 9.95. The molecule has 0 aliphatic heterocycles. The Morgan fingerprint density at radius 3 is 2.06 bits per heavy atom. The van der Waals surface area contributed by atoms with Crippen LogP contribution in [0, 0.1) is 5.82 Å².